The molecular formula is C28H33N5O6S. The molecule has 0 radical (unpaired) electrons. The van der Waals surface area contributed by atoms with Gasteiger partial charge in [-0.3, -0.25) is 19.7 Å². The van der Waals surface area contributed by atoms with E-state index in [2.05, 4.69) is 15.2 Å². The van der Waals surface area contributed by atoms with Crippen molar-refractivity contribution in [1.82, 2.24) is 20.1 Å². The maximum atomic E-state index is 13.4. The number of allylic oxidation sites excluding steroid dienone is 4. The average molecular weight is 568 g/mol. The number of nitrogens with zero attached hydrogens (tertiary/aromatic N) is 3. The van der Waals surface area contributed by atoms with E-state index in [1.54, 1.807) is 24.3 Å². The molecule has 0 bridgehead atoms. The maximum Gasteiger partial charge on any atom is 0.269 e. The van der Waals surface area contributed by atoms with Crippen molar-refractivity contribution in [3.63, 3.8) is 0 Å². The van der Waals surface area contributed by atoms with Gasteiger partial charge in [-0.2, -0.15) is 0 Å². The second-order valence-corrected chi connectivity index (χ2v) is 13.0. The summed E-state index contributed by atoms with van der Waals surface area (Å²) in [6.07, 6.45) is 9.01. The van der Waals surface area contributed by atoms with Crippen LogP contribution in [0.2, 0.25) is 0 Å². The molecule has 2 fully saturated rings. The van der Waals surface area contributed by atoms with Gasteiger partial charge < -0.3 is 20.1 Å². The van der Waals surface area contributed by atoms with Gasteiger partial charge in [0.15, 0.2) is 9.84 Å². The Balaban J connectivity index is 1.44. The van der Waals surface area contributed by atoms with Crippen molar-refractivity contribution in [1.29, 1.82) is 0 Å². The number of aryl methyl sites for hydroxylation is 1. The number of hydrogen-bond acceptors (Lipinski definition) is 7. The molecule has 1 aromatic rings. The quantitative estimate of drug-likeness (QED) is 0.305. The van der Waals surface area contributed by atoms with Crippen molar-refractivity contribution in [3.8, 4) is 0 Å². The van der Waals surface area contributed by atoms with Gasteiger partial charge in [0.1, 0.15) is 0 Å². The van der Waals surface area contributed by atoms with E-state index in [0.29, 0.717) is 65.3 Å². The minimum atomic E-state index is -3.79. The number of nitrogens with one attached hydrogen (secondary N) is 2. The smallest absolute Gasteiger partial charge is 0.269 e. The Bertz CT molecular complexity index is 1550. The van der Waals surface area contributed by atoms with Gasteiger partial charge in [0.25, 0.3) is 17.5 Å². The number of carbonyl (C=O) groups excluding carboxylic acids is 2. The van der Waals surface area contributed by atoms with Crippen LogP contribution in [0.3, 0.4) is 0 Å². The molecule has 5 rings (SSSR count). The molecule has 2 saturated heterocycles. The summed E-state index contributed by atoms with van der Waals surface area (Å²) in [5.74, 6) is -0.812. The number of rotatable bonds is 6. The molecule has 2 aliphatic heterocycles. The standard InChI is InChI=1S/C28H33N5O6S/c1-17-24(29-18(2)26(17)28(35)32-12-10-31(3)11-13-32)15-22-21-14-20(8-9-23(21)30-27(22)34)40(38,39)16-19-6-4-5-7-25(19)33(36)37/h5,7,9,14-15,20,29H,4,6,8,10-13,16H2,1-3H3,(H,30,34)/b22-15-. The predicted octanol–water partition coefficient (Wildman–Crippen LogP) is 2.41. The highest BCUT2D eigenvalue weighted by molar-refractivity contribution is 7.92. The van der Waals surface area contributed by atoms with Gasteiger partial charge in [-0.05, 0) is 51.8 Å². The van der Waals surface area contributed by atoms with Crippen LogP contribution >= 0.6 is 0 Å². The first-order valence-electron chi connectivity index (χ1n) is 13.3. The number of H-pyrrole nitrogens is 1. The molecule has 1 aromatic heterocycles. The zero-order valence-electron chi connectivity index (χ0n) is 22.8. The predicted molar refractivity (Wildman–Crippen MR) is 151 cm³/mol. The number of aromatic amines is 1. The third kappa shape index (κ3) is 5.20. The fourth-order valence-electron chi connectivity index (χ4n) is 5.68. The van der Waals surface area contributed by atoms with Crippen LogP contribution in [-0.4, -0.2) is 84.2 Å². The fraction of sp³-hybridized carbons (Fsp3) is 0.429. The summed E-state index contributed by atoms with van der Waals surface area (Å²) in [5, 5.41) is 13.3. The van der Waals surface area contributed by atoms with Crippen LogP contribution in [0.1, 0.15) is 46.6 Å². The van der Waals surface area contributed by atoms with Crippen LogP contribution in [0, 0.1) is 24.0 Å². The summed E-state index contributed by atoms with van der Waals surface area (Å²) in [4.78, 5) is 44.4. The molecule has 0 aromatic carbocycles. The summed E-state index contributed by atoms with van der Waals surface area (Å²) in [5.41, 5.74) is 4.10. The van der Waals surface area contributed by atoms with E-state index in [9.17, 15) is 28.1 Å². The number of hydrogen-bond donors (Lipinski definition) is 2. The number of fused-ring (bicyclic) bond motifs is 1. The topological polar surface area (TPSA) is 146 Å². The summed E-state index contributed by atoms with van der Waals surface area (Å²) in [6, 6.07) is 0. The van der Waals surface area contributed by atoms with Gasteiger partial charge in [0.2, 0.25) is 0 Å². The lowest BCUT2D eigenvalue weighted by Crippen LogP contribution is -2.47. The highest BCUT2D eigenvalue weighted by Crippen LogP contribution is 2.35. The Morgan fingerprint density at radius 1 is 1.23 bits per heavy atom. The van der Waals surface area contributed by atoms with Crippen molar-refractivity contribution in [2.75, 3.05) is 39.0 Å². The van der Waals surface area contributed by atoms with E-state index in [-0.39, 0.29) is 23.9 Å². The first kappa shape index (κ1) is 27.8. The molecule has 0 saturated carbocycles. The number of nitro groups is 1. The van der Waals surface area contributed by atoms with E-state index in [0.717, 1.165) is 18.7 Å². The lowest BCUT2D eigenvalue weighted by atomic mass is 9.98. The molecule has 12 heteroatoms. The SMILES string of the molecule is Cc1[nH]c(/C=C2\C(=O)NC3=CCC(S(=O)(=O)CC4=C([N+](=O)[O-])C=CCC4)C=C32)c(C)c1C(=O)N1CCN(C)CC1. The average Bonchev–Trinajstić information content (AvgIpc) is 3.37. The van der Waals surface area contributed by atoms with Gasteiger partial charge in [0, 0.05) is 60.5 Å². The molecule has 4 aliphatic rings. The van der Waals surface area contributed by atoms with Crippen LogP contribution in [0.15, 0.2) is 52.4 Å². The van der Waals surface area contributed by atoms with E-state index < -0.39 is 25.8 Å². The maximum absolute atomic E-state index is 13.4. The molecule has 212 valence electrons. The normalized spacial score (nSPS) is 22.8. The van der Waals surface area contributed by atoms with Crippen LogP contribution in [0.5, 0.6) is 0 Å². The van der Waals surface area contributed by atoms with Crippen molar-refractivity contribution >= 4 is 27.7 Å². The molecule has 1 atom stereocenters. The molecule has 3 heterocycles. The summed E-state index contributed by atoms with van der Waals surface area (Å²) in [6.45, 7) is 6.57. The van der Waals surface area contributed by atoms with Crippen molar-refractivity contribution in [3.05, 3.63) is 85.0 Å². The molecule has 1 unspecified atom stereocenters. The monoisotopic (exact) mass is 567 g/mol. The van der Waals surface area contributed by atoms with Gasteiger partial charge in [-0.25, -0.2) is 8.42 Å². The summed E-state index contributed by atoms with van der Waals surface area (Å²) < 4.78 is 26.7. The van der Waals surface area contributed by atoms with Crippen LogP contribution in [-0.2, 0) is 14.6 Å². The first-order valence-corrected chi connectivity index (χ1v) is 15.0. The minimum Gasteiger partial charge on any atom is -0.358 e. The minimum absolute atomic E-state index is 0.0514. The Hall–Kier alpha value is -3.77. The van der Waals surface area contributed by atoms with Crippen LogP contribution in [0.4, 0.5) is 0 Å². The summed E-state index contributed by atoms with van der Waals surface area (Å²) in [7, 11) is -1.76. The second-order valence-electron chi connectivity index (χ2n) is 10.7. The number of piperazine rings is 1. The lowest BCUT2D eigenvalue weighted by molar-refractivity contribution is -0.420. The Labute approximate surface area is 233 Å². The zero-order valence-corrected chi connectivity index (χ0v) is 23.6. The zero-order chi connectivity index (χ0) is 28.8. The largest absolute Gasteiger partial charge is 0.358 e. The Morgan fingerprint density at radius 3 is 2.65 bits per heavy atom. The first-order chi connectivity index (χ1) is 19.0. The van der Waals surface area contributed by atoms with Crippen molar-refractivity contribution < 1.29 is 22.9 Å². The molecule has 2 aliphatic carbocycles. The Kier molecular flexibility index (Phi) is 7.40. The molecule has 11 nitrogen and oxygen atoms in total. The molecular weight excluding hydrogens is 534 g/mol. The van der Waals surface area contributed by atoms with Crippen molar-refractivity contribution in [2.45, 2.75) is 38.4 Å². The lowest BCUT2D eigenvalue weighted by Gasteiger charge is -2.32. The highest BCUT2D eigenvalue weighted by atomic mass is 32.2. The number of likely N-dealkylation sites (N-methyl/N-ethyl adjacent to an activating group) is 1. The molecule has 2 N–H and O–H groups in total. The number of sulfone groups is 1. The Morgan fingerprint density at radius 2 is 1.95 bits per heavy atom. The van der Waals surface area contributed by atoms with Gasteiger partial charge in [0.05, 0.1) is 27.1 Å². The summed E-state index contributed by atoms with van der Waals surface area (Å²) >= 11 is 0. The van der Waals surface area contributed by atoms with Gasteiger partial charge in [-0.1, -0.05) is 18.2 Å². The van der Waals surface area contributed by atoms with E-state index in [4.69, 9.17) is 0 Å². The molecule has 2 amide bonds. The third-order valence-electron chi connectivity index (χ3n) is 8.03. The van der Waals surface area contributed by atoms with E-state index in [1.165, 1.54) is 6.08 Å². The van der Waals surface area contributed by atoms with Crippen LogP contribution in [0.25, 0.3) is 6.08 Å². The van der Waals surface area contributed by atoms with Gasteiger partial charge >= 0.3 is 0 Å². The van der Waals surface area contributed by atoms with Gasteiger partial charge in [-0.15, -0.1) is 0 Å². The van der Waals surface area contributed by atoms with E-state index in [1.807, 2.05) is 25.8 Å². The second kappa shape index (κ2) is 10.7. The van der Waals surface area contributed by atoms with Crippen molar-refractivity contribution in [2.24, 2.45) is 0 Å². The highest BCUT2D eigenvalue weighted by Gasteiger charge is 2.36. The van der Waals surface area contributed by atoms with E-state index >= 15 is 0 Å². The fourth-order valence-corrected chi connectivity index (χ4v) is 7.41. The third-order valence-corrected chi connectivity index (χ3v) is 10.0. The molecule has 40 heavy (non-hydrogen) atoms. The van der Waals surface area contributed by atoms with Crippen LogP contribution < -0.4 is 5.32 Å². The number of aromatic nitrogens is 1. The molecule has 0 spiro atoms. The number of amides is 2. The number of carbonyl (C=O) groups is 2.